The summed E-state index contributed by atoms with van der Waals surface area (Å²) in [6, 6.07) is 11.1. The number of fused-ring (bicyclic) bond motifs is 2. The third-order valence-electron chi connectivity index (χ3n) is 9.06. The highest BCUT2D eigenvalue weighted by Gasteiger charge is 2.61. The van der Waals surface area contributed by atoms with Crippen LogP contribution in [0.4, 0.5) is 13.2 Å². The van der Waals surface area contributed by atoms with Gasteiger partial charge in [-0.25, -0.2) is 0 Å². The fourth-order valence-electron chi connectivity index (χ4n) is 6.99. The van der Waals surface area contributed by atoms with E-state index >= 15 is 0 Å². The van der Waals surface area contributed by atoms with Gasteiger partial charge in [-0.3, -0.25) is 14.7 Å². The Morgan fingerprint density at radius 3 is 2.84 bits per heavy atom. The van der Waals surface area contributed by atoms with E-state index in [1.165, 1.54) is 6.07 Å². The number of para-hydroxylation sites is 1. The molecule has 9 heteroatoms. The Balaban J connectivity index is 1.13. The molecule has 3 fully saturated rings. The molecular weight excluding hydrogens is 483 g/mol. The number of carbonyl (C=O) groups excluding carboxylic acids is 1. The van der Waals surface area contributed by atoms with Crippen molar-refractivity contribution in [3.63, 3.8) is 0 Å². The van der Waals surface area contributed by atoms with Gasteiger partial charge in [0.1, 0.15) is 18.5 Å². The highest BCUT2D eigenvalue weighted by atomic mass is 19.4. The topological polar surface area (TPSA) is 54.9 Å². The molecule has 0 bridgehead atoms. The number of rotatable bonds is 4. The molecule has 1 aliphatic carbocycles. The van der Waals surface area contributed by atoms with E-state index in [0.29, 0.717) is 30.9 Å². The summed E-state index contributed by atoms with van der Waals surface area (Å²) in [7, 11) is 0. The molecule has 3 aliphatic heterocycles. The molecule has 1 spiro atoms. The zero-order valence-corrected chi connectivity index (χ0v) is 20.9. The number of hydrogen-bond donors (Lipinski definition) is 0. The van der Waals surface area contributed by atoms with Crippen LogP contribution < -0.4 is 4.74 Å². The Labute approximate surface area is 214 Å². The van der Waals surface area contributed by atoms with Crippen LogP contribution in [0.5, 0.6) is 5.75 Å². The molecule has 1 aromatic carbocycles. The van der Waals surface area contributed by atoms with Crippen LogP contribution in [0, 0.1) is 11.3 Å². The number of halogens is 3. The number of alkyl halides is 3. The van der Waals surface area contributed by atoms with Gasteiger partial charge in [-0.15, -0.1) is 0 Å². The van der Waals surface area contributed by atoms with Crippen molar-refractivity contribution in [2.75, 3.05) is 26.3 Å². The minimum absolute atomic E-state index is 0.0142. The molecule has 5 atom stereocenters. The van der Waals surface area contributed by atoms with Crippen LogP contribution in [0.1, 0.15) is 43.0 Å². The van der Waals surface area contributed by atoms with Crippen LogP contribution in [0.2, 0.25) is 0 Å². The maximum Gasteiger partial charge on any atom is 0.417 e. The first-order valence-electron chi connectivity index (χ1n) is 13.1. The molecule has 0 radical (unpaired) electrons. The first kappa shape index (κ1) is 24.7. The lowest BCUT2D eigenvalue weighted by atomic mass is 9.73. The summed E-state index contributed by atoms with van der Waals surface area (Å²) in [4.78, 5) is 22.3. The number of pyridine rings is 1. The van der Waals surface area contributed by atoms with Crippen LogP contribution in [0.15, 0.2) is 42.6 Å². The summed E-state index contributed by atoms with van der Waals surface area (Å²) >= 11 is 0. The fraction of sp³-hybridized carbons (Fsp3) is 0.571. The predicted molar refractivity (Wildman–Crippen MR) is 130 cm³/mol. The van der Waals surface area contributed by atoms with Gasteiger partial charge < -0.3 is 14.4 Å². The minimum Gasteiger partial charge on any atom is -0.491 e. The van der Waals surface area contributed by atoms with E-state index in [4.69, 9.17) is 9.47 Å². The van der Waals surface area contributed by atoms with Gasteiger partial charge in [-0.05, 0) is 48.9 Å². The van der Waals surface area contributed by atoms with Crippen molar-refractivity contribution < 1.29 is 27.4 Å². The largest absolute Gasteiger partial charge is 0.491 e. The number of morpholine rings is 1. The lowest BCUT2D eigenvalue weighted by molar-refractivity contribution is -0.138. The van der Waals surface area contributed by atoms with Crippen molar-refractivity contribution in [1.82, 2.24) is 14.8 Å². The summed E-state index contributed by atoms with van der Waals surface area (Å²) < 4.78 is 51.6. The Morgan fingerprint density at radius 1 is 1.24 bits per heavy atom. The van der Waals surface area contributed by atoms with E-state index in [-0.39, 0.29) is 36.6 Å². The summed E-state index contributed by atoms with van der Waals surface area (Å²) in [5.74, 6) is 1.05. The monoisotopic (exact) mass is 515 g/mol. The van der Waals surface area contributed by atoms with Crippen molar-refractivity contribution in [1.29, 1.82) is 0 Å². The average Bonchev–Trinajstić information content (AvgIpc) is 3.44. The minimum atomic E-state index is -4.44. The Kier molecular flexibility index (Phi) is 6.18. The van der Waals surface area contributed by atoms with Gasteiger partial charge >= 0.3 is 6.18 Å². The van der Waals surface area contributed by atoms with Crippen molar-refractivity contribution in [2.45, 2.75) is 63.5 Å². The summed E-state index contributed by atoms with van der Waals surface area (Å²) in [6.07, 6.45) is -0.502. The summed E-state index contributed by atoms with van der Waals surface area (Å²) in [5.41, 5.74) is -0.000724. The van der Waals surface area contributed by atoms with Crippen LogP contribution in [0.25, 0.3) is 0 Å². The Hall–Kier alpha value is -2.65. The second kappa shape index (κ2) is 9.27. The highest BCUT2D eigenvalue weighted by Crippen LogP contribution is 2.55. The summed E-state index contributed by atoms with van der Waals surface area (Å²) in [5, 5.41) is 0. The average molecular weight is 516 g/mol. The zero-order chi connectivity index (χ0) is 25.8. The molecule has 1 amide bonds. The van der Waals surface area contributed by atoms with Crippen LogP contribution in [-0.2, 0) is 28.7 Å². The Morgan fingerprint density at radius 2 is 2.05 bits per heavy atom. The van der Waals surface area contributed by atoms with Gasteiger partial charge in [0, 0.05) is 50.0 Å². The molecule has 4 aliphatic rings. The van der Waals surface area contributed by atoms with Crippen molar-refractivity contribution >= 4 is 5.91 Å². The molecule has 4 unspecified atom stereocenters. The third kappa shape index (κ3) is 4.40. The van der Waals surface area contributed by atoms with Gasteiger partial charge in [0.2, 0.25) is 5.91 Å². The second-order valence-electron chi connectivity index (χ2n) is 11.0. The molecule has 2 aromatic rings. The second-order valence-corrected chi connectivity index (χ2v) is 11.0. The standard InChI is InChI=1S/C28H32F3N3O3/c1-18-25-12-24-19(11-20(14-32-24)28(29,30)31)15-34(25)26(35)27(18)8-7-21(13-27)33-9-10-36-23(16-33)17-37-22-5-3-2-4-6-22/h2-6,11,14,18,21,23,25H,7-10,12-13,15-17H2,1H3/t18?,21?,23?,25?,27-/m0/s1. The number of carbonyl (C=O) groups is 1. The smallest absolute Gasteiger partial charge is 0.417 e. The van der Waals surface area contributed by atoms with E-state index in [1.54, 1.807) is 0 Å². The number of aromatic nitrogens is 1. The maximum atomic E-state index is 13.8. The number of nitrogens with zero attached hydrogens (tertiary/aromatic N) is 3. The van der Waals surface area contributed by atoms with Gasteiger partial charge in [0.05, 0.1) is 17.6 Å². The predicted octanol–water partition coefficient (Wildman–Crippen LogP) is 4.32. The molecule has 1 saturated carbocycles. The van der Waals surface area contributed by atoms with Crippen molar-refractivity contribution in [3.05, 3.63) is 59.4 Å². The molecule has 0 N–H and O–H groups in total. The van der Waals surface area contributed by atoms with E-state index in [2.05, 4.69) is 16.8 Å². The first-order valence-corrected chi connectivity index (χ1v) is 13.1. The van der Waals surface area contributed by atoms with E-state index in [1.807, 2.05) is 35.2 Å². The van der Waals surface area contributed by atoms with Gasteiger partial charge in [0.15, 0.2) is 0 Å². The lowest BCUT2D eigenvalue weighted by Crippen LogP contribution is -2.49. The number of ether oxygens (including phenoxy) is 2. The Bertz CT molecular complexity index is 1160. The first-order chi connectivity index (χ1) is 17.7. The fourth-order valence-corrected chi connectivity index (χ4v) is 6.99. The molecule has 6 rings (SSSR count). The van der Waals surface area contributed by atoms with E-state index in [9.17, 15) is 18.0 Å². The van der Waals surface area contributed by atoms with Gasteiger partial charge in [-0.1, -0.05) is 25.1 Å². The maximum absolute atomic E-state index is 13.8. The van der Waals surface area contributed by atoms with Crippen LogP contribution in [0.3, 0.4) is 0 Å². The van der Waals surface area contributed by atoms with Gasteiger partial charge in [0.25, 0.3) is 0 Å². The molecule has 1 aromatic heterocycles. The highest BCUT2D eigenvalue weighted by molar-refractivity contribution is 5.87. The number of benzene rings is 1. The lowest BCUT2D eigenvalue weighted by Gasteiger charge is -2.37. The molecular formula is C28H32F3N3O3. The number of hydrogen-bond acceptors (Lipinski definition) is 5. The van der Waals surface area contributed by atoms with Crippen molar-refractivity contribution in [3.8, 4) is 5.75 Å². The third-order valence-corrected chi connectivity index (χ3v) is 9.06. The molecule has 37 heavy (non-hydrogen) atoms. The van der Waals surface area contributed by atoms with Crippen LogP contribution >= 0.6 is 0 Å². The molecule has 4 heterocycles. The summed E-state index contributed by atoms with van der Waals surface area (Å²) in [6.45, 7) is 5.06. The normalized spacial score (nSPS) is 32.0. The van der Waals surface area contributed by atoms with Gasteiger partial charge in [-0.2, -0.15) is 13.2 Å². The molecule has 2 saturated heterocycles. The molecule has 198 valence electrons. The van der Waals surface area contributed by atoms with Crippen LogP contribution in [-0.4, -0.2) is 65.2 Å². The molecule has 6 nitrogen and oxygen atoms in total. The van der Waals surface area contributed by atoms with E-state index in [0.717, 1.165) is 44.3 Å². The quantitative estimate of drug-likeness (QED) is 0.607. The van der Waals surface area contributed by atoms with Crippen molar-refractivity contribution in [2.24, 2.45) is 11.3 Å². The zero-order valence-electron chi connectivity index (χ0n) is 20.9. The SMILES string of the molecule is CC1C2Cc3ncc(C(F)(F)F)cc3CN2C(=O)[C@]12CCC(N1CCOC(COc3ccccc3)C1)C2. The van der Waals surface area contributed by atoms with E-state index < -0.39 is 17.2 Å². The number of amides is 1.